The molecule has 0 bridgehead atoms. The minimum Gasteiger partial charge on any atom is -0.508 e. The van der Waals surface area contributed by atoms with E-state index in [0.717, 1.165) is 22.9 Å². The maximum absolute atomic E-state index is 10.0. The second kappa shape index (κ2) is 7.91. The van der Waals surface area contributed by atoms with E-state index >= 15 is 0 Å². The lowest BCUT2D eigenvalue weighted by Gasteiger charge is -2.02. The van der Waals surface area contributed by atoms with Gasteiger partial charge in [0.1, 0.15) is 5.75 Å². The van der Waals surface area contributed by atoms with Crippen molar-refractivity contribution in [1.29, 1.82) is 0 Å². The van der Waals surface area contributed by atoms with Crippen LogP contribution in [-0.2, 0) is 6.42 Å². The number of carbonyl (C=O) groups is 1. The van der Waals surface area contributed by atoms with E-state index in [9.17, 15) is 9.90 Å². The van der Waals surface area contributed by atoms with Gasteiger partial charge in [0.05, 0.1) is 5.51 Å². The molecule has 2 aromatic rings. The highest BCUT2D eigenvalue weighted by molar-refractivity contribution is 9.10. The fourth-order valence-corrected chi connectivity index (χ4v) is 2.28. The van der Waals surface area contributed by atoms with Crippen LogP contribution in [0.25, 0.3) is 0 Å². The molecule has 0 saturated carbocycles. The van der Waals surface area contributed by atoms with Crippen molar-refractivity contribution in [3.8, 4) is 5.75 Å². The monoisotopic (exact) mass is 343 g/mol. The van der Waals surface area contributed by atoms with E-state index < -0.39 is 5.97 Å². The average molecular weight is 344 g/mol. The Hall–Kier alpha value is -1.40. The molecule has 4 nitrogen and oxygen atoms in total. The first-order valence-electron chi connectivity index (χ1n) is 5.63. The summed E-state index contributed by atoms with van der Waals surface area (Å²) >= 11 is 4.63. The van der Waals surface area contributed by atoms with E-state index in [1.54, 1.807) is 6.07 Å². The van der Waals surface area contributed by atoms with Gasteiger partial charge in [-0.05, 0) is 30.2 Å². The molecule has 1 aromatic heterocycles. The second-order valence-electron chi connectivity index (χ2n) is 3.70. The van der Waals surface area contributed by atoms with Gasteiger partial charge in [-0.2, -0.15) is 0 Å². The van der Waals surface area contributed by atoms with Crippen LogP contribution < -0.4 is 0 Å². The molecular formula is C13H14BrNO3S. The van der Waals surface area contributed by atoms with Crippen molar-refractivity contribution in [3.05, 3.63) is 44.8 Å². The zero-order chi connectivity index (χ0) is 14.3. The topological polar surface area (TPSA) is 70.4 Å². The van der Waals surface area contributed by atoms with Gasteiger partial charge in [-0.1, -0.05) is 29.3 Å². The molecule has 2 N–H and O–H groups in total. The Kier molecular flexibility index (Phi) is 6.52. The van der Waals surface area contributed by atoms with Gasteiger partial charge in [-0.3, -0.25) is 0 Å². The summed E-state index contributed by atoms with van der Waals surface area (Å²) in [6, 6.07) is 5.52. The first-order valence-corrected chi connectivity index (χ1v) is 7.37. The number of aromatic carboxylic acids is 1. The molecule has 102 valence electrons. The van der Waals surface area contributed by atoms with Gasteiger partial charge in [0.25, 0.3) is 0 Å². The number of halogens is 1. The number of nitrogens with zero attached hydrogens (tertiary/aromatic N) is 1. The number of phenols is 1. The molecule has 0 saturated heterocycles. The number of aromatic hydroxyl groups is 1. The third-order valence-electron chi connectivity index (χ3n) is 2.21. The number of phenolic OH excluding ortho intramolecular Hbond substituents is 1. The largest absolute Gasteiger partial charge is 0.508 e. The van der Waals surface area contributed by atoms with Crippen molar-refractivity contribution in [2.75, 3.05) is 0 Å². The molecule has 2 rings (SSSR count). The Morgan fingerprint density at radius 3 is 2.68 bits per heavy atom. The highest BCUT2D eigenvalue weighted by Crippen LogP contribution is 2.22. The summed E-state index contributed by atoms with van der Waals surface area (Å²) in [5.74, 6) is -0.568. The number of hydrogen-bond acceptors (Lipinski definition) is 4. The molecule has 0 radical (unpaired) electrons. The molecular weight excluding hydrogens is 330 g/mol. The molecule has 0 unspecified atom stereocenters. The molecule has 1 aromatic carbocycles. The predicted octanol–water partition coefficient (Wildman–Crippen LogP) is 3.95. The Morgan fingerprint density at radius 1 is 1.47 bits per heavy atom. The van der Waals surface area contributed by atoms with Gasteiger partial charge >= 0.3 is 5.97 Å². The number of rotatable bonds is 3. The lowest BCUT2D eigenvalue weighted by Crippen LogP contribution is -1.94. The highest BCUT2D eigenvalue weighted by atomic mass is 79.9. The number of hydrogen-bond donors (Lipinski definition) is 2. The zero-order valence-corrected chi connectivity index (χ0v) is 12.7. The number of benzene rings is 1. The highest BCUT2D eigenvalue weighted by Gasteiger charge is 2.01. The Labute approximate surface area is 123 Å². The lowest BCUT2D eigenvalue weighted by atomic mass is 10.1. The van der Waals surface area contributed by atoms with Gasteiger partial charge in [0.2, 0.25) is 0 Å². The lowest BCUT2D eigenvalue weighted by molar-refractivity contribution is 0.0691. The summed E-state index contributed by atoms with van der Waals surface area (Å²) in [4.78, 5) is 13.5. The van der Waals surface area contributed by atoms with Crippen molar-refractivity contribution < 1.29 is 15.0 Å². The fraction of sp³-hybridized carbons (Fsp3) is 0.231. The molecule has 0 aliphatic heterocycles. The van der Waals surface area contributed by atoms with Crippen molar-refractivity contribution >= 4 is 33.2 Å². The quantitative estimate of drug-likeness (QED) is 0.885. The molecule has 0 atom stereocenters. The van der Waals surface area contributed by atoms with Crippen LogP contribution in [0.1, 0.15) is 29.4 Å². The number of carboxylic acid groups (broad SMARTS) is 1. The van der Waals surface area contributed by atoms with Crippen LogP contribution in [0.3, 0.4) is 0 Å². The first kappa shape index (κ1) is 15.7. The van der Waals surface area contributed by atoms with Crippen LogP contribution in [0, 0.1) is 0 Å². The molecule has 0 aliphatic carbocycles. The van der Waals surface area contributed by atoms with Crippen LogP contribution in [0.5, 0.6) is 5.75 Å². The number of thiazole rings is 1. The second-order valence-corrected chi connectivity index (χ2v) is 5.34. The molecule has 6 heteroatoms. The van der Waals surface area contributed by atoms with E-state index in [2.05, 4.69) is 27.8 Å². The first-order chi connectivity index (χ1) is 9.04. The Balaban J connectivity index is 0.000000200. The van der Waals surface area contributed by atoms with Crippen molar-refractivity contribution in [2.45, 2.75) is 19.8 Å². The molecule has 0 aliphatic rings. The third kappa shape index (κ3) is 5.40. The van der Waals surface area contributed by atoms with Gasteiger partial charge in [0.15, 0.2) is 5.69 Å². The fourth-order valence-electron chi connectivity index (χ4n) is 1.34. The summed E-state index contributed by atoms with van der Waals surface area (Å²) in [6.45, 7) is 2.10. The number of carboxylic acids is 1. The zero-order valence-electron chi connectivity index (χ0n) is 10.3. The van der Waals surface area contributed by atoms with Gasteiger partial charge in [0, 0.05) is 9.85 Å². The van der Waals surface area contributed by atoms with E-state index in [0.29, 0.717) is 5.75 Å². The van der Waals surface area contributed by atoms with E-state index in [4.69, 9.17) is 5.11 Å². The standard InChI is InChI=1S/C9H11BrO.C4H3NO2S/c1-2-3-7-6-8(10)4-5-9(7)11;6-4(7)3-1-8-2-5-3/h4-6,11H,2-3H2,1H3;1-2H,(H,6,7). The van der Waals surface area contributed by atoms with E-state index in [-0.39, 0.29) is 5.69 Å². The number of aryl methyl sites for hydroxylation is 1. The molecule has 0 spiro atoms. The van der Waals surface area contributed by atoms with Crippen LogP contribution in [0.4, 0.5) is 0 Å². The number of aromatic nitrogens is 1. The van der Waals surface area contributed by atoms with Crippen LogP contribution in [0.2, 0.25) is 0 Å². The van der Waals surface area contributed by atoms with Crippen LogP contribution in [0.15, 0.2) is 33.6 Å². The van der Waals surface area contributed by atoms with Crippen LogP contribution in [-0.4, -0.2) is 21.2 Å². The molecule has 19 heavy (non-hydrogen) atoms. The predicted molar refractivity (Wildman–Crippen MR) is 78.9 cm³/mol. The van der Waals surface area contributed by atoms with Crippen molar-refractivity contribution in [2.24, 2.45) is 0 Å². The van der Waals surface area contributed by atoms with Crippen molar-refractivity contribution in [1.82, 2.24) is 4.98 Å². The van der Waals surface area contributed by atoms with Crippen molar-refractivity contribution in [3.63, 3.8) is 0 Å². The average Bonchev–Trinajstić information content (AvgIpc) is 2.89. The van der Waals surface area contributed by atoms with E-state index in [1.165, 1.54) is 22.2 Å². The maximum Gasteiger partial charge on any atom is 0.355 e. The normalized spacial score (nSPS) is 9.58. The summed E-state index contributed by atoms with van der Waals surface area (Å²) in [7, 11) is 0. The maximum atomic E-state index is 10.0. The smallest absolute Gasteiger partial charge is 0.355 e. The summed E-state index contributed by atoms with van der Waals surface area (Å²) in [5, 5.41) is 19.1. The SMILES string of the molecule is CCCc1cc(Br)ccc1O.O=C(O)c1cscn1. The minimum absolute atomic E-state index is 0.120. The van der Waals surface area contributed by atoms with Gasteiger partial charge in [-0.15, -0.1) is 11.3 Å². The van der Waals surface area contributed by atoms with Crippen LogP contribution >= 0.6 is 27.3 Å². The molecule has 0 amide bonds. The minimum atomic E-state index is -0.966. The van der Waals surface area contributed by atoms with Gasteiger partial charge in [-0.25, -0.2) is 9.78 Å². The Bertz CT molecular complexity index is 529. The third-order valence-corrected chi connectivity index (χ3v) is 3.29. The van der Waals surface area contributed by atoms with E-state index in [1.807, 2.05) is 12.1 Å². The Morgan fingerprint density at radius 2 is 2.21 bits per heavy atom. The molecule has 0 fully saturated rings. The summed E-state index contributed by atoms with van der Waals surface area (Å²) < 4.78 is 1.03. The van der Waals surface area contributed by atoms with Gasteiger partial charge < -0.3 is 10.2 Å². The summed E-state index contributed by atoms with van der Waals surface area (Å²) in [6.07, 6.45) is 2.00. The summed E-state index contributed by atoms with van der Waals surface area (Å²) in [5.41, 5.74) is 2.63. The molecule has 1 heterocycles.